The molecule has 2 heterocycles. The average molecular weight is 460 g/mol. The number of aromatic nitrogens is 2. The lowest BCUT2D eigenvalue weighted by Gasteiger charge is -2.31. The third-order valence-electron chi connectivity index (χ3n) is 4.89. The minimum absolute atomic E-state index is 0.0493. The first-order chi connectivity index (χ1) is 14.4. The number of alkyl halides is 3. The van der Waals surface area contributed by atoms with Gasteiger partial charge >= 0.3 is 11.9 Å². The number of amides is 1. The van der Waals surface area contributed by atoms with Gasteiger partial charge in [0.2, 0.25) is 15.9 Å². The fourth-order valence-corrected chi connectivity index (χ4v) is 5.15. The van der Waals surface area contributed by atoms with E-state index in [1.54, 1.807) is 0 Å². The van der Waals surface area contributed by atoms with Crippen LogP contribution in [0.1, 0.15) is 24.1 Å². The van der Waals surface area contributed by atoms with Crippen LogP contribution in [-0.2, 0) is 21.0 Å². The molecule has 1 amide bonds. The van der Waals surface area contributed by atoms with Gasteiger partial charge in [0.05, 0.1) is 11.5 Å². The molecule has 1 fully saturated rings. The minimum atomic E-state index is -4.57. The Bertz CT molecular complexity index is 1220. The summed E-state index contributed by atoms with van der Waals surface area (Å²) in [5.41, 5.74) is -3.04. The van der Waals surface area contributed by atoms with E-state index in [1.165, 1.54) is 13.0 Å². The predicted molar refractivity (Wildman–Crippen MR) is 104 cm³/mol. The largest absolute Gasteiger partial charge is 0.416 e. The molecule has 0 bridgehead atoms. The van der Waals surface area contributed by atoms with Gasteiger partial charge in [-0.15, -0.1) is 0 Å². The van der Waals surface area contributed by atoms with Crippen LogP contribution in [0.4, 0.5) is 18.9 Å². The summed E-state index contributed by atoms with van der Waals surface area (Å²) in [5, 5.41) is 2.39. The lowest BCUT2D eigenvalue weighted by Crippen LogP contribution is -2.45. The zero-order chi connectivity index (χ0) is 23.0. The van der Waals surface area contributed by atoms with Crippen LogP contribution in [0.3, 0.4) is 0 Å². The standard InChI is InChI=1S/C18H19F3N4O5S/c1-10-14(16(27)24-17(28)22-10)31(29,30)25-7-3-4-11(9-25)15(26)23-13-6-2-5-12(8-13)18(19,20)21/h2,5-6,8,11H,3-4,7,9H2,1H3,(H,23,26)(H2,22,24,27,28). The summed E-state index contributed by atoms with van der Waals surface area (Å²) < 4.78 is 65.4. The number of aryl methyl sites for hydroxylation is 1. The normalized spacial score (nSPS) is 18.0. The number of H-pyrrole nitrogens is 2. The van der Waals surface area contributed by atoms with Crippen molar-refractivity contribution in [2.45, 2.75) is 30.8 Å². The maximum absolute atomic E-state index is 12.9. The van der Waals surface area contributed by atoms with Crippen LogP contribution in [0.15, 0.2) is 38.8 Å². The second kappa shape index (κ2) is 8.30. The number of halogens is 3. The number of rotatable bonds is 4. The topological polar surface area (TPSA) is 132 Å². The summed E-state index contributed by atoms with van der Waals surface area (Å²) in [5.74, 6) is -1.47. The molecule has 1 aromatic heterocycles. The van der Waals surface area contributed by atoms with Crippen molar-refractivity contribution in [2.75, 3.05) is 18.4 Å². The third-order valence-corrected chi connectivity index (χ3v) is 6.90. The van der Waals surface area contributed by atoms with Crippen molar-refractivity contribution >= 4 is 21.6 Å². The predicted octanol–water partition coefficient (Wildman–Crippen LogP) is 1.43. The van der Waals surface area contributed by atoms with Crippen molar-refractivity contribution in [1.29, 1.82) is 0 Å². The van der Waals surface area contributed by atoms with Crippen LogP contribution in [0.5, 0.6) is 0 Å². The maximum Gasteiger partial charge on any atom is 0.416 e. The van der Waals surface area contributed by atoms with Gasteiger partial charge in [-0.2, -0.15) is 17.5 Å². The van der Waals surface area contributed by atoms with Gasteiger partial charge in [-0.3, -0.25) is 14.6 Å². The molecule has 9 nitrogen and oxygen atoms in total. The van der Waals surface area contributed by atoms with Crippen LogP contribution in [0.2, 0.25) is 0 Å². The van der Waals surface area contributed by atoms with Crippen molar-refractivity contribution in [2.24, 2.45) is 5.92 Å². The quantitative estimate of drug-likeness (QED) is 0.635. The number of nitrogens with zero attached hydrogens (tertiary/aromatic N) is 1. The smallest absolute Gasteiger partial charge is 0.326 e. The van der Waals surface area contributed by atoms with E-state index in [0.717, 1.165) is 22.5 Å². The summed E-state index contributed by atoms with van der Waals surface area (Å²) in [7, 11) is -4.31. The number of sulfonamides is 1. The fourth-order valence-electron chi connectivity index (χ4n) is 3.42. The molecule has 1 aromatic carbocycles. The van der Waals surface area contributed by atoms with E-state index in [1.807, 2.05) is 4.98 Å². The molecule has 0 spiro atoms. The Hall–Kier alpha value is -2.93. The van der Waals surface area contributed by atoms with Gasteiger partial charge in [0.15, 0.2) is 4.90 Å². The molecule has 0 radical (unpaired) electrons. The van der Waals surface area contributed by atoms with Gasteiger partial charge in [-0.05, 0) is 38.0 Å². The van der Waals surface area contributed by atoms with Crippen LogP contribution >= 0.6 is 0 Å². The molecule has 0 aliphatic carbocycles. The van der Waals surface area contributed by atoms with Crippen molar-refractivity contribution in [1.82, 2.24) is 14.3 Å². The Balaban J connectivity index is 1.80. The molecular formula is C18H19F3N4O5S. The molecule has 1 atom stereocenters. The Morgan fingerprint density at radius 2 is 1.94 bits per heavy atom. The molecule has 0 saturated carbocycles. The van der Waals surface area contributed by atoms with E-state index in [2.05, 4.69) is 10.3 Å². The molecular weight excluding hydrogens is 441 g/mol. The van der Waals surface area contributed by atoms with Gasteiger partial charge in [0.25, 0.3) is 5.56 Å². The molecule has 13 heteroatoms. The Labute approximate surface area is 174 Å². The van der Waals surface area contributed by atoms with Crippen LogP contribution in [0.25, 0.3) is 0 Å². The first-order valence-electron chi connectivity index (χ1n) is 9.21. The average Bonchev–Trinajstić information content (AvgIpc) is 2.66. The van der Waals surface area contributed by atoms with Gasteiger partial charge in [-0.1, -0.05) is 6.07 Å². The Morgan fingerprint density at radius 3 is 2.58 bits per heavy atom. The number of anilines is 1. The second-order valence-electron chi connectivity index (χ2n) is 7.13. The maximum atomic E-state index is 12.9. The summed E-state index contributed by atoms with van der Waals surface area (Å²) in [6.07, 6.45) is -3.95. The molecule has 3 rings (SSSR count). The lowest BCUT2D eigenvalue weighted by molar-refractivity contribution is -0.137. The molecule has 168 valence electrons. The zero-order valence-corrected chi connectivity index (χ0v) is 17.1. The highest BCUT2D eigenvalue weighted by Crippen LogP contribution is 2.31. The fraction of sp³-hybridized carbons (Fsp3) is 0.389. The highest BCUT2D eigenvalue weighted by Gasteiger charge is 2.36. The number of hydrogen-bond donors (Lipinski definition) is 3. The first-order valence-corrected chi connectivity index (χ1v) is 10.6. The van der Waals surface area contributed by atoms with Crippen molar-refractivity contribution in [3.8, 4) is 0 Å². The van der Waals surface area contributed by atoms with Crippen molar-refractivity contribution in [3.63, 3.8) is 0 Å². The van der Waals surface area contributed by atoms with Gasteiger partial charge in [-0.25, -0.2) is 13.2 Å². The summed E-state index contributed by atoms with van der Waals surface area (Å²) in [6.45, 7) is 1.06. The molecule has 1 aliphatic heterocycles. The van der Waals surface area contributed by atoms with E-state index in [4.69, 9.17) is 0 Å². The number of aromatic amines is 2. The monoisotopic (exact) mass is 460 g/mol. The highest BCUT2D eigenvalue weighted by atomic mass is 32.2. The van der Waals surface area contributed by atoms with E-state index < -0.39 is 49.7 Å². The number of hydrogen-bond acceptors (Lipinski definition) is 5. The Morgan fingerprint density at radius 1 is 1.23 bits per heavy atom. The number of nitrogens with one attached hydrogen (secondary N) is 3. The summed E-state index contributed by atoms with van der Waals surface area (Å²) >= 11 is 0. The number of carbonyl (C=O) groups excluding carboxylic acids is 1. The Kier molecular flexibility index (Phi) is 6.09. The van der Waals surface area contributed by atoms with E-state index in [0.29, 0.717) is 12.8 Å². The number of carbonyl (C=O) groups is 1. The number of benzene rings is 1. The summed E-state index contributed by atoms with van der Waals surface area (Å²) in [6, 6.07) is 4.11. The van der Waals surface area contributed by atoms with E-state index >= 15 is 0 Å². The zero-order valence-electron chi connectivity index (χ0n) is 16.2. The van der Waals surface area contributed by atoms with Crippen molar-refractivity contribution < 1.29 is 26.4 Å². The van der Waals surface area contributed by atoms with Gasteiger partial charge in [0.1, 0.15) is 0 Å². The highest BCUT2D eigenvalue weighted by molar-refractivity contribution is 7.89. The molecule has 2 aromatic rings. The van der Waals surface area contributed by atoms with Gasteiger partial charge < -0.3 is 10.3 Å². The SMILES string of the molecule is Cc1[nH]c(=O)[nH]c(=O)c1S(=O)(=O)N1CCCC(C(=O)Nc2cccc(C(F)(F)F)c2)C1. The van der Waals surface area contributed by atoms with Gasteiger partial charge in [0, 0.05) is 24.5 Å². The summed E-state index contributed by atoms with van der Waals surface area (Å²) in [4.78, 5) is 39.4. The minimum Gasteiger partial charge on any atom is -0.326 e. The molecule has 31 heavy (non-hydrogen) atoms. The van der Waals surface area contributed by atoms with Crippen LogP contribution in [0, 0.1) is 12.8 Å². The van der Waals surface area contributed by atoms with Crippen LogP contribution in [-0.4, -0.2) is 41.7 Å². The molecule has 1 aliphatic rings. The van der Waals surface area contributed by atoms with E-state index in [-0.39, 0.29) is 24.5 Å². The van der Waals surface area contributed by atoms with E-state index in [9.17, 15) is 36.0 Å². The lowest BCUT2D eigenvalue weighted by atomic mass is 9.98. The molecule has 3 N–H and O–H groups in total. The first kappa shape index (κ1) is 22.7. The number of piperidine rings is 1. The second-order valence-corrected chi connectivity index (χ2v) is 9.01. The third kappa shape index (κ3) is 4.88. The molecule has 1 saturated heterocycles. The molecule has 1 unspecified atom stereocenters. The van der Waals surface area contributed by atoms with Crippen LogP contribution < -0.4 is 16.6 Å². The van der Waals surface area contributed by atoms with Crippen molar-refractivity contribution in [3.05, 3.63) is 56.4 Å².